The van der Waals surface area contributed by atoms with Crippen LogP contribution in [0, 0.1) is 0 Å². The van der Waals surface area contributed by atoms with Crippen molar-refractivity contribution < 1.29 is 23.1 Å². The largest absolute Gasteiger partial charge is 0.478 e. The van der Waals surface area contributed by atoms with Crippen molar-refractivity contribution in [2.24, 2.45) is 5.10 Å². The van der Waals surface area contributed by atoms with Crippen molar-refractivity contribution in [3.8, 4) is 0 Å². The third-order valence-electron chi connectivity index (χ3n) is 4.43. The summed E-state index contributed by atoms with van der Waals surface area (Å²) in [6.45, 7) is 0. The fourth-order valence-electron chi connectivity index (χ4n) is 2.65. The summed E-state index contributed by atoms with van der Waals surface area (Å²) in [5.41, 5.74) is 3.85. The van der Waals surface area contributed by atoms with Gasteiger partial charge in [0.2, 0.25) is 0 Å². The van der Waals surface area contributed by atoms with E-state index < -0.39 is 21.9 Å². The lowest BCUT2D eigenvalue weighted by molar-refractivity contribution is 0.0696. The number of carboxylic acids is 1. The summed E-state index contributed by atoms with van der Waals surface area (Å²) in [4.78, 5) is 23.3. The van der Waals surface area contributed by atoms with Crippen LogP contribution in [0.5, 0.6) is 0 Å². The lowest BCUT2D eigenvalue weighted by atomic mass is 10.1. The maximum absolute atomic E-state index is 12.7. The van der Waals surface area contributed by atoms with E-state index in [-0.39, 0.29) is 10.5 Å². The third-order valence-corrected chi connectivity index (χ3v) is 6.23. The Morgan fingerprint density at radius 1 is 0.903 bits per heavy atom. The van der Waals surface area contributed by atoms with Gasteiger partial charge in [0, 0.05) is 12.6 Å². The van der Waals surface area contributed by atoms with Crippen LogP contribution in [0.1, 0.15) is 26.3 Å². The van der Waals surface area contributed by atoms with Gasteiger partial charge in [-0.2, -0.15) is 5.10 Å². The van der Waals surface area contributed by atoms with Crippen molar-refractivity contribution in [3.63, 3.8) is 0 Å². The molecule has 0 unspecified atom stereocenters. The summed E-state index contributed by atoms with van der Waals surface area (Å²) in [6, 6.07) is 20.1. The summed E-state index contributed by atoms with van der Waals surface area (Å²) in [5.74, 6) is -1.50. The minimum atomic E-state index is -3.71. The third kappa shape index (κ3) is 5.14. The molecule has 1 amide bonds. The number of carbonyl (C=O) groups is 2. The Morgan fingerprint density at radius 3 is 2.06 bits per heavy atom. The smallest absolute Gasteiger partial charge is 0.335 e. The van der Waals surface area contributed by atoms with E-state index in [1.54, 1.807) is 30.3 Å². The number of hydrazone groups is 1. The first-order chi connectivity index (χ1) is 14.8. The van der Waals surface area contributed by atoms with Crippen molar-refractivity contribution in [2.75, 3.05) is 11.4 Å². The molecule has 3 aromatic carbocycles. The molecule has 0 aliphatic carbocycles. The molecule has 0 bridgehead atoms. The lowest BCUT2D eigenvalue weighted by Crippen LogP contribution is -2.26. The van der Waals surface area contributed by atoms with Crippen molar-refractivity contribution in [1.29, 1.82) is 0 Å². The van der Waals surface area contributed by atoms with Crippen molar-refractivity contribution in [1.82, 2.24) is 5.43 Å². The first kappa shape index (κ1) is 21.7. The maximum Gasteiger partial charge on any atom is 0.335 e. The molecule has 0 aliphatic heterocycles. The Balaban J connectivity index is 1.65. The number of nitrogens with one attached hydrogen (secondary N) is 1. The van der Waals surface area contributed by atoms with E-state index in [0.717, 1.165) is 4.31 Å². The molecule has 0 heterocycles. The summed E-state index contributed by atoms with van der Waals surface area (Å²) < 4.78 is 26.5. The molecule has 8 nitrogen and oxygen atoms in total. The number of benzene rings is 3. The zero-order valence-electron chi connectivity index (χ0n) is 16.5. The van der Waals surface area contributed by atoms with Crippen LogP contribution >= 0.6 is 0 Å². The number of aromatic carboxylic acids is 1. The summed E-state index contributed by atoms with van der Waals surface area (Å²) >= 11 is 0. The quantitative estimate of drug-likeness (QED) is 0.435. The topological polar surface area (TPSA) is 116 Å². The van der Waals surface area contributed by atoms with Gasteiger partial charge in [-0.1, -0.05) is 30.3 Å². The standard InChI is InChI=1S/C22H19N3O5S/c1-25(31(29,30)20-5-3-2-4-6-20)19-13-11-17(12-14-19)21(26)24-23-15-16-7-9-18(10-8-16)22(27)28/h2-15H,1H3,(H,24,26)(H,27,28)/b23-15+. The fraction of sp³-hybridized carbons (Fsp3) is 0.0455. The molecule has 0 atom stereocenters. The molecule has 0 spiro atoms. The van der Waals surface area contributed by atoms with E-state index in [1.807, 2.05) is 0 Å². The van der Waals surface area contributed by atoms with E-state index in [2.05, 4.69) is 10.5 Å². The molecule has 0 saturated carbocycles. The number of hydrogen-bond acceptors (Lipinski definition) is 5. The maximum atomic E-state index is 12.7. The van der Waals surface area contributed by atoms with Gasteiger partial charge >= 0.3 is 5.97 Å². The average molecular weight is 437 g/mol. The molecule has 0 radical (unpaired) electrons. The summed E-state index contributed by atoms with van der Waals surface area (Å²) in [5, 5.41) is 12.7. The molecule has 158 valence electrons. The predicted octanol–water partition coefficient (Wildman–Crippen LogP) is 2.97. The van der Waals surface area contributed by atoms with Gasteiger partial charge in [0.15, 0.2) is 0 Å². The zero-order valence-corrected chi connectivity index (χ0v) is 17.3. The predicted molar refractivity (Wildman–Crippen MR) is 117 cm³/mol. The van der Waals surface area contributed by atoms with Crippen molar-refractivity contribution >= 4 is 33.8 Å². The second kappa shape index (κ2) is 9.23. The SMILES string of the molecule is CN(c1ccc(C(=O)N/N=C/c2ccc(C(=O)O)cc2)cc1)S(=O)(=O)c1ccccc1. The molecule has 3 rings (SSSR count). The van der Waals surface area contributed by atoms with E-state index in [4.69, 9.17) is 5.11 Å². The van der Waals surface area contributed by atoms with Crippen LogP contribution < -0.4 is 9.73 Å². The highest BCUT2D eigenvalue weighted by Gasteiger charge is 2.21. The van der Waals surface area contributed by atoms with Crippen molar-refractivity contribution in [3.05, 3.63) is 95.6 Å². The van der Waals surface area contributed by atoms with E-state index in [1.165, 1.54) is 61.8 Å². The Bertz CT molecular complexity index is 1210. The van der Waals surface area contributed by atoms with Crippen LogP contribution in [0.15, 0.2) is 88.9 Å². The van der Waals surface area contributed by atoms with E-state index in [0.29, 0.717) is 16.8 Å². The van der Waals surface area contributed by atoms with E-state index >= 15 is 0 Å². The lowest BCUT2D eigenvalue weighted by Gasteiger charge is -2.19. The minimum absolute atomic E-state index is 0.153. The number of carbonyl (C=O) groups excluding carboxylic acids is 1. The molecular formula is C22H19N3O5S. The number of nitrogens with zero attached hydrogens (tertiary/aromatic N) is 2. The van der Waals surface area contributed by atoms with Gasteiger partial charge in [-0.15, -0.1) is 0 Å². The summed E-state index contributed by atoms with van der Waals surface area (Å²) in [6.07, 6.45) is 1.39. The van der Waals surface area contributed by atoms with Crippen LogP contribution in [-0.4, -0.2) is 38.7 Å². The fourth-order valence-corrected chi connectivity index (χ4v) is 3.87. The molecule has 3 aromatic rings. The number of hydrogen-bond donors (Lipinski definition) is 2. The molecule has 0 aliphatic rings. The molecular weight excluding hydrogens is 418 g/mol. The van der Waals surface area contributed by atoms with Crippen LogP contribution in [0.25, 0.3) is 0 Å². The molecule has 0 fully saturated rings. The highest BCUT2D eigenvalue weighted by Crippen LogP contribution is 2.22. The Morgan fingerprint density at radius 2 is 1.48 bits per heavy atom. The first-order valence-electron chi connectivity index (χ1n) is 9.10. The van der Waals surface area contributed by atoms with Gasteiger partial charge in [-0.05, 0) is 54.1 Å². The Labute approximate surface area is 179 Å². The highest BCUT2D eigenvalue weighted by molar-refractivity contribution is 7.92. The Kier molecular flexibility index (Phi) is 6.46. The van der Waals surface area contributed by atoms with Gasteiger partial charge in [-0.3, -0.25) is 9.10 Å². The normalized spacial score (nSPS) is 11.3. The number of anilines is 1. The number of amides is 1. The van der Waals surface area contributed by atoms with Gasteiger partial charge < -0.3 is 5.11 Å². The molecule has 0 aromatic heterocycles. The van der Waals surface area contributed by atoms with Crippen LogP contribution in [0.2, 0.25) is 0 Å². The first-order valence-corrected chi connectivity index (χ1v) is 10.5. The second-order valence-corrected chi connectivity index (χ2v) is 8.43. The second-order valence-electron chi connectivity index (χ2n) is 6.46. The summed E-state index contributed by atoms with van der Waals surface area (Å²) in [7, 11) is -2.26. The molecule has 0 saturated heterocycles. The molecule has 9 heteroatoms. The van der Waals surface area contributed by atoms with Gasteiger partial charge in [0.25, 0.3) is 15.9 Å². The Hall–Kier alpha value is -3.98. The van der Waals surface area contributed by atoms with Gasteiger partial charge in [0.1, 0.15) is 0 Å². The molecule has 2 N–H and O–H groups in total. The van der Waals surface area contributed by atoms with Crippen LogP contribution in [0.3, 0.4) is 0 Å². The van der Waals surface area contributed by atoms with Gasteiger partial charge in [-0.25, -0.2) is 18.6 Å². The zero-order chi connectivity index (χ0) is 22.4. The monoisotopic (exact) mass is 437 g/mol. The highest BCUT2D eigenvalue weighted by atomic mass is 32.2. The van der Waals surface area contributed by atoms with Crippen LogP contribution in [-0.2, 0) is 10.0 Å². The molecule has 31 heavy (non-hydrogen) atoms. The average Bonchev–Trinajstić information content (AvgIpc) is 2.79. The number of carboxylic acid groups (broad SMARTS) is 1. The number of rotatable bonds is 7. The van der Waals surface area contributed by atoms with E-state index in [9.17, 15) is 18.0 Å². The number of sulfonamides is 1. The van der Waals surface area contributed by atoms with Crippen molar-refractivity contribution in [2.45, 2.75) is 4.90 Å². The van der Waals surface area contributed by atoms with Gasteiger partial charge in [0.05, 0.1) is 22.4 Å². The minimum Gasteiger partial charge on any atom is -0.478 e. The van der Waals surface area contributed by atoms with Crippen LogP contribution in [0.4, 0.5) is 5.69 Å².